The Labute approximate surface area is 158 Å². The van der Waals surface area contributed by atoms with E-state index < -0.39 is 11.9 Å². The number of hydrogen-bond donors (Lipinski definition) is 1. The van der Waals surface area contributed by atoms with Crippen LogP contribution in [0.4, 0.5) is 5.82 Å². The average Bonchev–Trinajstić information content (AvgIpc) is 3.33. The number of anilines is 1. The normalized spacial score (nSPS) is 21.2. The minimum Gasteiger partial charge on any atom is -0.368 e. The maximum atomic E-state index is 12.5. The Morgan fingerprint density at radius 3 is 2.59 bits per heavy atom. The Bertz CT molecular complexity index is 652. The number of carbonyl (C=O) groups is 2. The van der Waals surface area contributed by atoms with Crippen molar-refractivity contribution in [3.8, 4) is 0 Å². The summed E-state index contributed by atoms with van der Waals surface area (Å²) in [5.41, 5.74) is 5.38. The van der Waals surface area contributed by atoms with Crippen molar-refractivity contribution in [2.45, 2.75) is 44.4 Å². The summed E-state index contributed by atoms with van der Waals surface area (Å²) in [6.07, 6.45) is 3.18. The van der Waals surface area contributed by atoms with E-state index in [2.05, 4.69) is 10.1 Å². The number of carbonyl (C=O) groups excluding carboxylic acids is 2. The van der Waals surface area contributed by atoms with E-state index in [1.54, 1.807) is 25.2 Å². The Morgan fingerprint density at radius 1 is 1.26 bits per heavy atom. The van der Waals surface area contributed by atoms with Crippen molar-refractivity contribution in [3.05, 3.63) is 11.8 Å². The lowest BCUT2D eigenvalue weighted by Gasteiger charge is -2.34. The molecule has 9 nitrogen and oxygen atoms in total. The molecule has 0 radical (unpaired) electrons. The van der Waals surface area contributed by atoms with Gasteiger partial charge in [0.05, 0.1) is 6.42 Å². The van der Waals surface area contributed by atoms with Crippen LogP contribution in [0.25, 0.3) is 0 Å². The number of nitrogens with two attached hydrogens (primary N) is 1. The van der Waals surface area contributed by atoms with E-state index in [1.807, 2.05) is 0 Å². The van der Waals surface area contributed by atoms with Gasteiger partial charge in [-0.15, -0.1) is 0 Å². The topological polar surface area (TPSA) is 111 Å². The van der Waals surface area contributed by atoms with Gasteiger partial charge in [-0.3, -0.25) is 9.59 Å². The molecule has 9 heteroatoms. The van der Waals surface area contributed by atoms with Gasteiger partial charge in [0.25, 0.3) is 0 Å². The molecule has 150 valence electrons. The van der Waals surface area contributed by atoms with Gasteiger partial charge in [0.1, 0.15) is 11.8 Å². The maximum absolute atomic E-state index is 12.5. The van der Waals surface area contributed by atoms with E-state index in [1.165, 1.54) is 0 Å². The summed E-state index contributed by atoms with van der Waals surface area (Å²) in [6.45, 7) is 2.20. The molecule has 0 bridgehead atoms. The molecule has 0 aromatic carbocycles. The summed E-state index contributed by atoms with van der Waals surface area (Å²) < 4.78 is 16.1. The van der Waals surface area contributed by atoms with Gasteiger partial charge < -0.3 is 29.5 Å². The molecule has 1 atom stereocenters. The molecule has 0 aliphatic carbocycles. The minimum absolute atomic E-state index is 0.0860. The number of hydrogen-bond acceptors (Lipinski definition) is 7. The molecular formula is C18H28N4O5. The summed E-state index contributed by atoms with van der Waals surface area (Å²) in [5, 5.41) is 4.11. The first-order valence-electron chi connectivity index (χ1n) is 9.38. The van der Waals surface area contributed by atoms with Crippen LogP contribution in [0.2, 0.25) is 0 Å². The van der Waals surface area contributed by atoms with E-state index in [0.717, 1.165) is 38.2 Å². The molecule has 3 rings (SSSR count). The van der Waals surface area contributed by atoms with Crippen molar-refractivity contribution >= 4 is 17.6 Å². The van der Waals surface area contributed by atoms with Gasteiger partial charge in [-0.25, -0.2) is 0 Å². The van der Waals surface area contributed by atoms with Crippen LogP contribution in [0.3, 0.4) is 0 Å². The van der Waals surface area contributed by atoms with Gasteiger partial charge in [-0.05, 0) is 25.7 Å². The zero-order valence-corrected chi connectivity index (χ0v) is 15.9. The van der Waals surface area contributed by atoms with Gasteiger partial charge in [-0.2, -0.15) is 0 Å². The molecule has 1 unspecified atom stereocenters. The van der Waals surface area contributed by atoms with Crippen molar-refractivity contribution in [1.82, 2.24) is 10.1 Å². The van der Waals surface area contributed by atoms with Crippen LogP contribution in [0, 0.1) is 5.92 Å². The van der Waals surface area contributed by atoms with Crippen molar-refractivity contribution in [2.24, 2.45) is 11.7 Å². The number of aromatic nitrogens is 1. The Kier molecular flexibility index (Phi) is 6.33. The second kappa shape index (κ2) is 8.71. The molecule has 2 amide bonds. The molecule has 1 aromatic rings. The monoisotopic (exact) mass is 380 g/mol. The first-order valence-corrected chi connectivity index (χ1v) is 9.38. The molecule has 2 aliphatic rings. The predicted octanol–water partition coefficient (Wildman–Crippen LogP) is 0.529. The molecule has 27 heavy (non-hydrogen) atoms. The second-order valence-corrected chi connectivity index (χ2v) is 7.14. The van der Waals surface area contributed by atoms with E-state index in [4.69, 9.17) is 19.7 Å². The molecule has 2 fully saturated rings. The highest BCUT2D eigenvalue weighted by Crippen LogP contribution is 2.27. The highest BCUT2D eigenvalue weighted by molar-refractivity contribution is 5.87. The summed E-state index contributed by atoms with van der Waals surface area (Å²) in [7, 11) is 3.31. The Morgan fingerprint density at radius 2 is 1.96 bits per heavy atom. The fourth-order valence-corrected chi connectivity index (χ4v) is 4.03. The largest absolute Gasteiger partial charge is 0.368 e. The highest BCUT2D eigenvalue weighted by Gasteiger charge is 2.33. The molecule has 2 N–H and O–H groups in total. The van der Waals surface area contributed by atoms with E-state index >= 15 is 0 Å². The van der Waals surface area contributed by atoms with Crippen molar-refractivity contribution < 1.29 is 23.6 Å². The third-order valence-electron chi connectivity index (χ3n) is 5.49. The zero-order valence-electron chi connectivity index (χ0n) is 15.9. The lowest BCUT2D eigenvalue weighted by molar-refractivity contribution is -0.141. The SMILES string of the molecule is COC(OC)C1CCN(c2cc(CC(=O)N3CCCC3C(N)=O)on2)CC1. The van der Waals surface area contributed by atoms with Crippen LogP contribution in [-0.2, 0) is 25.5 Å². The molecule has 2 aliphatic heterocycles. The lowest BCUT2D eigenvalue weighted by atomic mass is 9.96. The standard InChI is InChI=1S/C18H28N4O5/c1-25-18(26-2)12-5-8-21(9-6-12)15-10-13(27-20-15)11-16(23)22-7-3-4-14(22)17(19)24/h10,12,14,18H,3-9,11H2,1-2H3,(H2,19,24). The van der Waals surface area contributed by atoms with Crippen LogP contribution >= 0.6 is 0 Å². The number of ether oxygens (including phenoxy) is 2. The van der Waals surface area contributed by atoms with Crippen molar-refractivity contribution in [3.63, 3.8) is 0 Å². The van der Waals surface area contributed by atoms with Crippen LogP contribution in [0.5, 0.6) is 0 Å². The zero-order chi connectivity index (χ0) is 19.4. The van der Waals surface area contributed by atoms with Crippen LogP contribution in [0.1, 0.15) is 31.4 Å². The van der Waals surface area contributed by atoms with Gasteiger partial charge in [-0.1, -0.05) is 5.16 Å². The number of primary amides is 1. The van der Waals surface area contributed by atoms with Gasteiger partial charge in [0.15, 0.2) is 12.1 Å². The third kappa shape index (κ3) is 4.41. The predicted molar refractivity (Wildman–Crippen MR) is 96.9 cm³/mol. The quantitative estimate of drug-likeness (QED) is 0.687. The average molecular weight is 380 g/mol. The maximum Gasteiger partial charge on any atom is 0.240 e. The fourth-order valence-electron chi connectivity index (χ4n) is 4.03. The number of nitrogens with zero attached hydrogens (tertiary/aromatic N) is 3. The fraction of sp³-hybridized carbons (Fsp3) is 0.722. The first-order chi connectivity index (χ1) is 13.0. The first kappa shape index (κ1) is 19.6. The molecule has 2 saturated heterocycles. The van der Waals surface area contributed by atoms with Gasteiger partial charge >= 0.3 is 0 Å². The molecule has 1 aromatic heterocycles. The summed E-state index contributed by atoms with van der Waals surface area (Å²) >= 11 is 0. The van der Waals surface area contributed by atoms with Crippen LogP contribution in [-0.4, -0.2) is 68.1 Å². The molecule has 0 saturated carbocycles. The molecular weight excluding hydrogens is 352 g/mol. The van der Waals surface area contributed by atoms with Gasteiger partial charge in [0, 0.05) is 45.8 Å². The van der Waals surface area contributed by atoms with Crippen molar-refractivity contribution in [1.29, 1.82) is 0 Å². The smallest absolute Gasteiger partial charge is 0.240 e. The molecule has 0 spiro atoms. The lowest BCUT2D eigenvalue weighted by Crippen LogP contribution is -2.44. The van der Waals surface area contributed by atoms with Crippen molar-refractivity contribution in [2.75, 3.05) is 38.8 Å². The minimum atomic E-state index is -0.506. The van der Waals surface area contributed by atoms with Crippen LogP contribution in [0.15, 0.2) is 10.6 Å². The van der Waals surface area contributed by atoms with E-state index in [0.29, 0.717) is 24.6 Å². The van der Waals surface area contributed by atoms with Crippen LogP contribution < -0.4 is 10.6 Å². The van der Waals surface area contributed by atoms with Gasteiger partial charge in [0.2, 0.25) is 11.8 Å². The number of rotatable bonds is 7. The summed E-state index contributed by atoms with van der Waals surface area (Å²) in [5.74, 6) is 0.979. The Hall–Kier alpha value is -2.13. The number of methoxy groups -OCH3 is 2. The van der Waals surface area contributed by atoms with E-state index in [-0.39, 0.29) is 18.6 Å². The number of amides is 2. The Balaban J connectivity index is 1.55. The molecule has 3 heterocycles. The summed E-state index contributed by atoms with van der Waals surface area (Å²) in [4.78, 5) is 27.6. The second-order valence-electron chi connectivity index (χ2n) is 7.14. The number of piperidine rings is 1. The number of likely N-dealkylation sites (tertiary alicyclic amines) is 1. The summed E-state index contributed by atoms with van der Waals surface area (Å²) in [6, 6.07) is 1.30. The third-order valence-corrected chi connectivity index (χ3v) is 5.49. The van der Waals surface area contributed by atoms with E-state index in [9.17, 15) is 9.59 Å². The highest BCUT2D eigenvalue weighted by atomic mass is 16.7.